The molecule has 0 bridgehead atoms. The highest BCUT2D eigenvalue weighted by Gasteiger charge is 2.18. The number of aromatic nitrogens is 2. The van der Waals surface area contributed by atoms with E-state index in [1.54, 1.807) is 6.20 Å². The highest BCUT2D eigenvalue weighted by molar-refractivity contribution is 6.30. The van der Waals surface area contributed by atoms with Gasteiger partial charge in [0.05, 0.1) is 17.6 Å². The molecule has 1 saturated heterocycles. The summed E-state index contributed by atoms with van der Waals surface area (Å²) in [6, 6.07) is 0. The van der Waals surface area contributed by atoms with Gasteiger partial charge in [0.25, 0.3) is 0 Å². The van der Waals surface area contributed by atoms with E-state index >= 15 is 0 Å². The third-order valence-electron chi connectivity index (χ3n) is 2.83. The van der Waals surface area contributed by atoms with E-state index in [4.69, 9.17) is 11.6 Å². The van der Waals surface area contributed by atoms with Crippen molar-refractivity contribution in [1.82, 2.24) is 14.7 Å². The van der Waals surface area contributed by atoms with Gasteiger partial charge in [0.1, 0.15) is 6.54 Å². The van der Waals surface area contributed by atoms with Crippen LogP contribution in [0.15, 0.2) is 12.4 Å². The second-order valence-corrected chi connectivity index (χ2v) is 4.34. The first-order valence-electron chi connectivity index (χ1n) is 5.60. The molecule has 1 aromatic rings. The maximum Gasteiger partial charge on any atom is 0.244 e. The summed E-state index contributed by atoms with van der Waals surface area (Å²) in [5.74, 6) is -0.187. The number of Topliss-reactive ketones (excluding diaryl/α,β-unsaturated/α-hetero) is 1. The number of nitrogens with zero attached hydrogens (tertiary/aromatic N) is 3. The SMILES string of the molecule is O=C(CCl)c1cnn(CC(=O)N2CCCC2)c1. The predicted molar refractivity (Wildman–Crippen MR) is 63.1 cm³/mol. The standard InChI is InChI=1S/C11H14ClN3O2/c12-5-10(16)9-6-13-15(7-9)8-11(17)14-3-1-2-4-14/h6-7H,1-5,8H2. The summed E-state index contributed by atoms with van der Waals surface area (Å²) >= 11 is 5.44. The number of ketones is 1. The number of carbonyl (C=O) groups excluding carboxylic acids is 2. The van der Waals surface area contributed by atoms with Crippen molar-refractivity contribution in [2.45, 2.75) is 19.4 Å². The molecular formula is C11H14ClN3O2. The van der Waals surface area contributed by atoms with Gasteiger partial charge in [-0.15, -0.1) is 11.6 Å². The van der Waals surface area contributed by atoms with Crippen LogP contribution in [0, 0.1) is 0 Å². The Labute approximate surface area is 104 Å². The van der Waals surface area contributed by atoms with Gasteiger partial charge in [-0.3, -0.25) is 14.3 Å². The monoisotopic (exact) mass is 255 g/mol. The molecule has 1 aliphatic rings. The van der Waals surface area contributed by atoms with E-state index in [0.29, 0.717) is 5.56 Å². The Morgan fingerprint density at radius 1 is 1.35 bits per heavy atom. The number of likely N-dealkylation sites (tertiary alicyclic amines) is 1. The van der Waals surface area contributed by atoms with Crippen molar-refractivity contribution in [3.63, 3.8) is 0 Å². The van der Waals surface area contributed by atoms with Crippen molar-refractivity contribution < 1.29 is 9.59 Å². The van der Waals surface area contributed by atoms with Gasteiger partial charge in [0.2, 0.25) is 5.91 Å². The number of amides is 1. The van der Waals surface area contributed by atoms with Crippen molar-refractivity contribution in [2.24, 2.45) is 0 Å². The molecule has 1 fully saturated rings. The maximum absolute atomic E-state index is 11.8. The first kappa shape index (κ1) is 12.1. The highest BCUT2D eigenvalue weighted by atomic mass is 35.5. The Morgan fingerprint density at radius 3 is 2.71 bits per heavy atom. The lowest BCUT2D eigenvalue weighted by Gasteiger charge is -2.14. The third kappa shape index (κ3) is 2.85. The Hall–Kier alpha value is -1.36. The highest BCUT2D eigenvalue weighted by Crippen LogP contribution is 2.08. The van der Waals surface area contributed by atoms with Crippen LogP contribution in [-0.2, 0) is 11.3 Å². The minimum atomic E-state index is -0.175. The van der Waals surface area contributed by atoms with Crippen molar-refractivity contribution >= 4 is 23.3 Å². The van der Waals surface area contributed by atoms with E-state index in [0.717, 1.165) is 25.9 Å². The van der Waals surface area contributed by atoms with Gasteiger partial charge in [-0.25, -0.2) is 0 Å². The van der Waals surface area contributed by atoms with Gasteiger partial charge in [-0.2, -0.15) is 5.10 Å². The van der Waals surface area contributed by atoms with Gasteiger partial charge in [-0.1, -0.05) is 0 Å². The Balaban J connectivity index is 1.96. The summed E-state index contributed by atoms with van der Waals surface area (Å²) in [6.07, 6.45) is 5.16. The van der Waals surface area contributed by atoms with Gasteiger partial charge < -0.3 is 4.90 Å². The van der Waals surface area contributed by atoms with Crippen molar-refractivity contribution in [2.75, 3.05) is 19.0 Å². The van der Waals surface area contributed by atoms with Gasteiger partial charge in [0, 0.05) is 19.3 Å². The molecule has 0 spiro atoms. The molecule has 1 aromatic heterocycles. The van der Waals surface area contributed by atoms with E-state index in [2.05, 4.69) is 5.10 Å². The summed E-state index contributed by atoms with van der Waals surface area (Å²) in [6.45, 7) is 1.84. The second-order valence-electron chi connectivity index (χ2n) is 4.07. The van der Waals surface area contributed by atoms with Crippen LogP contribution in [0.1, 0.15) is 23.2 Å². The molecule has 5 nitrogen and oxygen atoms in total. The maximum atomic E-state index is 11.8. The molecule has 2 heterocycles. The molecule has 0 saturated carbocycles. The minimum absolute atomic E-state index is 0.0514. The molecule has 2 rings (SSSR count). The largest absolute Gasteiger partial charge is 0.341 e. The molecule has 6 heteroatoms. The van der Waals surface area contributed by atoms with Crippen LogP contribution in [0.25, 0.3) is 0 Å². The summed E-state index contributed by atoms with van der Waals surface area (Å²) < 4.78 is 1.49. The van der Waals surface area contributed by atoms with Gasteiger partial charge in [-0.05, 0) is 12.8 Å². The summed E-state index contributed by atoms with van der Waals surface area (Å²) in [7, 11) is 0. The van der Waals surface area contributed by atoms with Crippen LogP contribution in [-0.4, -0.2) is 45.3 Å². The molecule has 0 N–H and O–H groups in total. The van der Waals surface area contributed by atoms with Crippen molar-refractivity contribution in [3.8, 4) is 0 Å². The lowest BCUT2D eigenvalue weighted by Crippen LogP contribution is -2.31. The molecule has 1 aliphatic heterocycles. The zero-order chi connectivity index (χ0) is 12.3. The summed E-state index contributed by atoms with van der Waals surface area (Å²) in [5.41, 5.74) is 0.453. The van der Waals surface area contributed by atoms with E-state index in [-0.39, 0.29) is 24.1 Å². The average molecular weight is 256 g/mol. The van der Waals surface area contributed by atoms with Crippen LogP contribution in [0.5, 0.6) is 0 Å². The number of carbonyl (C=O) groups is 2. The molecule has 17 heavy (non-hydrogen) atoms. The van der Waals surface area contributed by atoms with Gasteiger partial charge in [0.15, 0.2) is 5.78 Å². The predicted octanol–water partition coefficient (Wildman–Crippen LogP) is 0.927. The molecule has 0 aromatic carbocycles. The zero-order valence-corrected chi connectivity index (χ0v) is 10.2. The van der Waals surface area contributed by atoms with Crippen LogP contribution >= 0.6 is 11.6 Å². The first-order chi connectivity index (χ1) is 8.20. The summed E-state index contributed by atoms with van der Waals surface area (Å²) in [5, 5.41) is 3.99. The van der Waals surface area contributed by atoms with E-state index < -0.39 is 0 Å². The Kier molecular flexibility index (Phi) is 3.78. The molecule has 0 unspecified atom stereocenters. The molecule has 0 atom stereocenters. The van der Waals surface area contributed by atoms with Gasteiger partial charge >= 0.3 is 0 Å². The van der Waals surface area contributed by atoms with E-state index in [1.807, 2.05) is 4.90 Å². The Morgan fingerprint density at radius 2 is 2.06 bits per heavy atom. The molecule has 0 radical (unpaired) electrons. The number of rotatable bonds is 4. The second kappa shape index (κ2) is 5.31. The molecule has 92 valence electrons. The first-order valence-corrected chi connectivity index (χ1v) is 6.13. The topological polar surface area (TPSA) is 55.2 Å². The molecular weight excluding hydrogens is 242 g/mol. The van der Waals surface area contributed by atoms with Crippen LogP contribution in [0.3, 0.4) is 0 Å². The van der Waals surface area contributed by atoms with E-state index in [1.165, 1.54) is 10.9 Å². The fourth-order valence-corrected chi connectivity index (χ4v) is 2.03. The number of alkyl halides is 1. The minimum Gasteiger partial charge on any atom is -0.341 e. The van der Waals surface area contributed by atoms with Crippen LogP contribution < -0.4 is 0 Å². The average Bonchev–Trinajstić information content (AvgIpc) is 2.98. The van der Waals surface area contributed by atoms with E-state index in [9.17, 15) is 9.59 Å². The number of hydrogen-bond donors (Lipinski definition) is 0. The Bertz CT molecular complexity index is 424. The van der Waals surface area contributed by atoms with Crippen LogP contribution in [0.2, 0.25) is 0 Å². The zero-order valence-electron chi connectivity index (χ0n) is 9.43. The van der Waals surface area contributed by atoms with Crippen LogP contribution in [0.4, 0.5) is 0 Å². The fourth-order valence-electron chi connectivity index (χ4n) is 1.88. The molecule has 1 amide bonds. The summed E-state index contributed by atoms with van der Waals surface area (Å²) in [4.78, 5) is 24.9. The number of hydrogen-bond acceptors (Lipinski definition) is 3. The smallest absolute Gasteiger partial charge is 0.244 e. The number of halogens is 1. The lowest BCUT2D eigenvalue weighted by molar-refractivity contribution is -0.130. The third-order valence-corrected chi connectivity index (χ3v) is 3.08. The normalized spacial score (nSPS) is 15.2. The van der Waals surface area contributed by atoms with Crippen molar-refractivity contribution in [1.29, 1.82) is 0 Å². The molecule has 0 aliphatic carbocycles. The quantitative estimate of drug-likeness (QED) is 0.594. The lowest BCUT2D eigenvalue weighted by atomic mass is 10.3. The fraction of sp³-hybridized carbons (Fsp3) is 0.545. The van der Waals surface area contributed by atoms with Crippen molar-refractivity contribution in [3.05, 3.63) is 18.0 Å².